The van der Waals surface area contributed by atoms with Crippen LogP contribution in [-0.4, -0.2) is 91.2 Å². The number of carbonyl (C=O) groups is 2. The topological polar surface area (TPSA) is 158 Å². The summed E-state index contributed by atoms with van der Waals surface area (Å²) in [4.78, 5) is 34.5. The Morgan fingerprint density at radius 2 is 1.86 bits per heavy atom. The summed E-state index contributed by atoms with van der Waals surface area (Å²) in [6.07, 6.45) is 9.66. The van der Waals surface area contributed by atoms with Gasteiger partial charge in [-0.25, -0.2) is 9.59 Å². The number of fused-ring (bicyclic) bond motifs is 2. The molecule has 0 aromatic heterocycles. The average Bonchev–Trinajstić information content (AvgIpc) is 3.23. The molecule has 2 aromatic carbocycles. The second-order valence-electron chi connectivity index (χ2n) is 15.2. The second-order valence-corrected chi connectivity index (χ2v) is 15.2. The summed E-state index contributed by atoms with van der Waals surface area (Å²) in [5, 5.41) is 27.2. The molecular formula is C44H59N3O10. The van der Waals surface area contributed by atoms with Crippen LogP contribution in [0.5, 0.6) is 11.5 Å². The molecule has 2 heterocycles. The maximum Gasteiger partial charge on any atom is 0.412 e. The number of unbranched alkanes of at least 4 members (excludes halogenated alkanes) is 2. The fraction of sp³-hybridized carbons (Fsp3) is 0.568. The Bertz CT molecular complexity index is 1710. The Labute approximate surface area is 336 Å². The molecule has 0 spiro atoms. The Hall–Kier alpha value is -4.43. The van der Waals surface area contributed by atoms with Crippen molar-refractivity contribution in [2.45, 2.75) is 102 Å². The van der Waals surface area contributed by atoms with Gasteiger partial charge in [0.05, 0.1) is 24.8 Å². The molecule has 6 rings (SSSR count). The van der Waals surface area contributed by atoms with Gasteiger partial charge < -0.3 is 49.0 Å². The Balaban J connectivity index is 1.52. The zero-order chi connectivity index (χ0) is 40.2. The lowest BCUT2D eigenvalue weighted by molar-refractivity contribution is -0.254. The lowest BCUT2D eigenvalue weighted by atomic mass is 9.55. The van der Waals surface area contributed by atoms with Crippen molar-refractivity contribution in [2.24, 2.45) is 22.9 Å². The van der Waals surface area contributed by atoms with Crippen LogP contribution in [0.3, 0.4) is 0 Å². The minimum absolute atomic E-state index is 0.0102. The van der Waals surface area contributed by atoms with Crippen molar-refractivity contribution >= 4 is 17.9 Å². The number of carbonyl (C=O) groups excluding carboxylic acids is 2. The first-order valence-electron chi connectivity index (χ1n) is 20.6. The molecule has 2 aliphatic carbocycles. The largest absolute Gasteiger partial charge is 0.459 e. The van der Waals surface area contributed by atoms with E-state index in [4.69, 9.17) is 33.7 Å². The molecule has 7 atom stereocenters. The highest BCUT2D eigenvalue weighted by atomic mass is 16.8. The number of aliphatic hydroxyl groups excluding tert-OH is 2. The average molecular weight is 790 g/mol. The number of benzene rings is 2. The molecule has 13 heteroatoms. The van der Waals surface area contributed by atoms with Crippen LogP contribution in [0.1, 0.15) is 88.2 Å². The molecule has 3 N–H and O–H groups in total. The van der Waals surface area contributed by atoms with Gasteiger partial charge >= 0.3 is 12.2 Å². The van der Waals surface area contributed by atoms with Crippen molar-refractivity contribution in [1.82, 2.24) is 10.2 Å². The predicted octanol–water partition coefficient (Wildman–Crippen LogP) is 7.22. The predicted molar refractivity (Wildman–Crippen MR) is 214 cm³/mol. The monoisotopic (exact) mass is 789 g/mol. The zero-order valence-electron chi connectivity index (χ0n) is 33.3. The lowest BCUT2D eigenvalue weighted by Gasteiger charge is -2.59. The van der Waals surface area contributed by atoms with Gasteiger partial charge in [0.2, 0.25) is 12.1 Å². The number of nitrogens with zero attached hydrogens (tertiary/aromatic N) is 2. The van der Waals surface area contributed by atoms with Crippen LogP contribution in [0, 0.1) is 17.8 Å². The first-order chi connectivity index (χ1) is 27.8. The number of likely N-dealkylation sites (N-methyl/N-ethyl adjacent to an activating group) is 1. The Morgan fingerprint density at radius 3 is 2.58 bits per heavy atom. The quantitative estimate of drug-likeness (QED) is 0.0800. The molecule has 1 saturated heterocycles. The number of aliphatic hydroxyl groups is 2. The Kier molecular flexibility index (Phi) is 15.0. The number of hydrogen-bond acceptors (Lipinski definition) is 11. The summed E-state index contributed by atoms with van der Waals surface area (Å²) < 4.78 is 31.7. The van der Waals surface area contributed by atoms with Crippen LogP contribution in [-0.2, 0) is 25.7 Å². The summed E-state index contributed by atoms with van der Waals surface area (Å²) >= 11 is 0. The summed E-state index contributed by atoms with van der Waals surface area (Å²) in [6.45, 7) is 7.18. The van der Waals surface area contributed by atoms with E-state index in [1.54, 1.807) is 30.2 Å². The van der Waals surface area contributed by atoms with Gasteiger partial charge in [-0.15, -0.1) is 6.58 Å². The standard InChI is InChI=1S/C44H59N3O10/c1-4-24-54-44-38(47(3)43(51)53-29-30-15-7-6-8-16-30)28-36(46-57-39-19-11-14-25-52-39)34-26-31(17-9-12-22-48)33(18-10-13-23-49)40(41(34)44)35-27-32(20-21-37(35)56-44)55-42(50)45-5-2/h4,6-8,15-16,20-21,26-27,31,33,38-41,48-49H,1,5,9-14,17-19,22-25,28-29H2,2-3H3,(H,45,50). The van der Waals surface area contributed by atoms with E-state index in [0.29, 0.717) is 49.6 Å². The minimum atomic E-state index is -1.44. The molecule has 13 nitrogen and oxygen atoms in total. The number of nitrogens with one attached hydrogen (secondary N) is 1. The minimum Gasteiger partial charge on any atom is -0.459 e. The van der Waals surface area contributed by atoms with Gasteiger partial charge in [-0.2, -0.15) is 0 Å². The molecule has 7 unspecified atom stereocenters. The maximum absolute atomic E-state index is 14.1. The van der Waals surface area contributed by atoms with Crippen LogP contribution in [0.2, 0.25) is 0 Å². The van der Waals surface area contributed by atoms with Gasteiger partial charge in [-0.05, 0) is 86.6 Å². The van der Waals surface area contributed by atoms with Gasteiger partial charge in [0.25, 0.3) is 0 Å². The molecule has 57 heavy (non-hydrogen) atoms. The summed E-state index contributed by atoms with van der Waals surface area (Å²) in [6, 6.07) is 14.2. The summed E-state index contributed by atoms with van der Waals surface area (Å²) in [7, 11) is 1.70. The Morgan fingerprint density at radius 1 is 1.07 bits per heavy atom. The van der Waals surface area contributed by atoms with Crippen molar-refractivity contribution in [3.05, 3.63) is 84.0 Å². The second kappa shape index (κ2) is 20.3. The SMILES string of the molecule is C=CCOC12Oc3ccc(OC(=O)NCC)cc3C3C(CCCCO)C(CCCCO)C=C(C(=NOC4CCCCO4)CC1N(C)C(=O)OCc1ccccc1)C32. The highest BCUT2D eigenvalue weighted by Gasteiger charge is 2.65. The van der Waals surface area contributed by atoms with E-state index in [9.17, 15) is 19.8 Å². The number of rotatable bonds is 18. The number of allylic oxidation sites excluding steroid dienone is 1. The lowest BCUT2D eigenvalue weighted by Crippen LogP contribution is -2.69. The zero-order valence-corrected chi connectivity index (χ0v) is 33.3. The van der Waals surface area contributed by atoms with Crippen molar-refractivity contribution in [3.8, 4) is 11.5 Å². The highest BCUT2D eigenvalue weighted by molar-refractivity contribution is 6.03. The number of amides is 2. The first-order valence-corrected chi connectivity index (χ1v) is 20.6. The summed E-state index contributed by atoms with van der Waals surface area (Å²) in [5.74, 6) is -1.26. The van der Waals surface area contributed by atoms with Crippen molar-refractivity contribution < 1.29 is 48.3 Å². The van der Waals surface area contributed by atoms with Gasteiger partial charge in [0, 0.05) is 51.1 Å². The normalized spacial score (nSPS) is 26.9. The molecule has 0 bridgehead atoms. The molecule has 2 amide bonds. The molecule has 2 fully saturated rings. The fourth-order valence-electron chi connectivity index (χ4n) is 8.94. The van der Waals surface area contributed by atoms with Crippen LogP contribution in [0.4, 0.5) is 9.59 Å². The summed E-state index contributed by atoms with van der Waals surface area (Å²) in [5.41, 5.74) is 3.26. The third kappa shape index (κ3) is 9.82. The van der Waals surface area contributed by atoms with Crippen molar-refractivity contribution in [2.75, 3.05) is 40.0 Å². The number of ether oxygens (including phenoxy) is 5. The van der Waals surface area contributed by atoms with Gasteiger partial charge in [-0.1, -0.05) is 60.5 Å². The van der Waals surface area contributed by atoms with Crippen molar-refractivity contribution in [3.63, 3.8) is 0 Å². The van der Waals surface area contributed by atoms with E-state index in [0.717, 1.165) is 55.2 Å². The molecule has 310 valence electrons. The third-order valence-electron chi connectivity index (χ3n) is 11.6. The van der Waals surface area contributed by atoms with Crippen LogP contribution >= 0.6 is 0 Å². The van der Waals surface area contributed by atoms with E-state index < -0.39 is 36.2 Å². The maximum atomic E-state index is 14.1. The molecule has 0 radical (unpaired) electrons. The van der Waals surface area contributed by atoms with E-state index in [-0.39, 0.29) is 50.6 Å². The third-order valence-corrected chi connectivity index (χ3v) is 11.6. The smallest absolute Gasteiger partial charge is 0.412 e. The highest BCUT2D eigenvalue weighted by Crippen LogP contribution is 2.61. The molecule has 1 saturated carbocycles. The molecule has 4 aliphatic rings. The van der Waals surface area contributed by atoms with E-state index >= 15 is 0 Å². The fourth-order valence-corrected chi connectivity index (χ4v) is 8.94. The van der Waals surface area contributed by atoms with Crippen molar-refractivity contribution in [1.29, 1.82) is 0 Å². The van der Waals surface area contributed by atoms with Gasteiger partial charge in [-0.3, -0.25) is 0 Å². The van der Waals surface area contributed by atoms with Gasteiger partial charge in [0.15, 0.2) is 0 Å². The van der Waals surface area contributed by atoms with E-state index in [1.807, 2.05) is 43.3 Å². The number of oxime groups is 1. The first kappa shape index (κ1) is 42.2. The molecule has 2 aromatic rings. The van der Waals surface area contributed by atoms with Crippen LogP contribution in [0.15, 0.2) is 78.0 Å². The van der Waals surface area contributed by atoms with Crippen LogP contribution < -0.4 is 14.8 Å². The van der Waals surface area contributed by atoms with Crippen LogP contribution in [0.25, 0.3) is 0 Å². The van der Waals surface area contributed by atoms with E-state index in [1.165, 1.54) is 0 Å². The number of hydrogen-bond donors (Lipinski definition) is 3. The molecule has 2 aliphatic heterocycles. The van der Waals surface area contributed by atoms with Gasteiger partial charge in [0.1, 0.15) is 24.1 Å². The van der Waals surface area contributed by atoms with E-state index in [2.05, 4.69) is 18.0 Å². The molecular weight excluding hydrogens is 730 g/mol.